The number of nitrogens with two attached hydrogens (primary N) is 1. The summed E-state index contributed by atoms with van der Waals surface area (Å²) in [6.45, 7) is 1.72. The molecule has 0 spiro atoms. The lowest BCUT2D eigenvalue weighted by molar-refractivity contribution is -0.120. The number of halogens is 1. The number of nitrogens with one attached hydrogen (secondary N) is 2. The fourth-order valence-electron chi connectivity index (χ4n) is 1.46. The van der Waals surface area contributed by atoms with Crippen molar-refractivity contribution in [3.8, 4) is 0 Å². The van der Waals surface area contributed by atoms with Gasteiger partial charge in [-0.2, -0.15) is 0 Å². The first-order valence-corrected chi connectivity index (χ1v) is 7.81. The van der Waals surface area contributed by atoms with Gasteiger partial charge in [-0.05, 0) is 40.5 Å². The molecule has 0 bridgehead atoms. The van der Waals surface area contributed by atoms with Gasteiger partial charge in [0.25, 0.3) is 0 Å². The fraction of sp³-hybridized carbons (Fsp3) is 0.364. The Bertz CT molecular complexity index is 587. The van der Waals surface area contributed by atoms with E-state index in [1.807, 2.05) is 0 Å². The maximum Gasteiger partial charge on any atom is 0.240 e. The molecule has 0 atom stereocenters. The van der Waals surface area contributed by atoms with Crippen molar-refractivity contribution >= 4 is 37.5 Å². The van der Waals surface area contributed by atoms with E-state index in [0.29, 0.717) is 15.7 Å². The van der Waals surface area contributed by atoms with Crippen molar-refractivity contribution in [2.24, 2.45) is 0 Å². The van der Waals surface area contributed by atoms with E-state index in [4.69, 9.17) is 5.73 Å². The minimum atomic E-state index is -3.66. The number of hydrogen-bond acceptors (Lipinski definition) is 4. The number of rotatable bonds is 5. The summed E-state index contributed by atoms with van der Waals surface area (Å²) in [6, 6.07) is 3.03. The van der Waals surface area contributed by atoms with Crippen LogP contribution in [0.1, 0.15) is 12.0 Å². The molecular weight excluding hydrogens is 334 g/mol. The summed E-state index contributed by atoms with van der Waals surface area (Å²) in [4.78, 5) is 11.1. The molecule has 0 saturated carbocycles. The van der Waals surface area contributed by atoms with E-state index in [2.05, 4.69) is 26.0 Å². The van der Waals surface area contributed by atoms with Crippen LogP contribution in [0.3, 0.4) is 0 Å². The Balaban J connectivity index is 2.89. The summed E-state index contributed by atoms with van der Waals surface area (Å²) in [5, 5.41) is 2.42. The second-order valence-electron chi connectivity index (χ2n) is 3.96. The van der Waals surface area contributed by atoms with Crippen molar-refractivity contribution in [1.82, 2.24) is 10.0 Å². The Hall–Kier alpha value is -1.12. The number of sulfonamides is 1. The summed E-state index contributed by atoms with van der Waals surface area (Å²) >= 11 is 3.23. The quantitative estimate of drug-likeness (QED) is 0.682. The van der Waals surface area contributed by atoms with Gasteiger partial charge in [0.05, 0.1) is 4.90 Å². The van der Waals surface area contributed by atoms with Crippen LogP contribution in [0.15, 0.2) is 21.5 Å². The first-order chi connectivity index (χ1) is 8.77. The van der Waals surface area contributed by atoms with E-state index in [0.717, 1.165) is 0 Å². The van der Waals surface area contributed by atoms with E-state index < -0.39 is 10.0 Å². The number of carbonyl (C=O) groups is 1. The number of anilines is 1. The Kier molecular flexibility index (Phi) is 5.33. The fourth-order valence-corrected chi connectivity index (χ4v) is 3.21. The molecule has 0 aliphatic rings. The van der Waals surface area contributed by atoms with Gasteiger partial charge in [-0.15, -0.1) is 0 Å². The van der Waals surface area contributed by atoms with Crippen LogP contribution >= 0.6 is 15.9 Å². The summed E-state index contributed by atoms with van der Waals surface area (Å²) in [5.74, 6) is -0.227. The molecule has 0 unspecified atom stereocenters. The van der Waals surface area contributed by atoms with E-state index >= 15 is 0 Å². The van der Waals surface area contributed by atoms with Crippen LogP contribution < -0.4 is 15.8 Å². The van der Waals surface area contributed by atoms with Gasteiger partial charge in [-0.25, -0.2) is 13.1 Å². The molecule has 1 rings (SSSR count). The summed E-state index contributed by atoms with van der Waals surface area (Å²) in [6.07, 6.45) is 0.0841. The highest BCUT2D eigenvalue weighted by Gasteiger charge is 2.18. The van der Waals surface area contributed by atoms with E-state index in [1.54, 1.807) is 13.0 Å². The van der Waals surface area contributed by atoms with Gasteiger partial charge in [0, 0.05) is 30.2 Å². The molecule has 106 valence electrons. The Labute approximate surface area is 120 Å². The van der Waals surface area contributed by atoms with Crippen LogP contribution in [0.2, 0.25) is 0 Å². The molecule has 4 N–H and O–H groups in total. The highest BCUT2D eigenvalue weighted by Crippen LogP contribution is 2.26. The van der Waals surface area contributed by atoms with Crippen LogP contribution in [0.25, 0.3) is 0 Å². The van der Waals surface area contributed by atoms with Crippen LogP contribution in [0, 0.1) is 6.92 Å². The molecule has 0 radical (unpaired) electrons. The Morgan fingerprint density at radius 3 is 2.63 bits per heavy atom. The number of hydrogen-bond donors (Lipinski definition) is 3. The van der Waals surface area contributed by atoms with Gasteiger partial charge < -0.3 is 11.1 Å². The van der Waals surface area contributed by atoms with Crippen molar-refractivity contribution < 1.29 is 13.2 Å². The normalized spacial score (nSPS) is 11.3. The molecule has 19 heavy (non-hydrogen) atoms. The molecule has 1 aromatic carbocycles. The second kappa shape index (κ2) is 6.36. The van der Waals surface area contributed by atoms with E-state index in [1.165, 1.54) is 13.1 Å². The summed E-state index contributed by atoms with van der Waals surface area (Å²) < 4.78 is 27.2. The second-order valence-corrected chi connectivity index (χ2v) is 6.55. The third-order valence-corrected chi connectivity index (χ3v) is 4.80. The predicted molar refractivity (Wildman–Crippen MR) is 77.2 cm³/mol. The highest BCUT2D eigenvalue weighted by atomic mass is 79.9. The van der Waals surface area contributed by atoms with Crippen molar-refractivity contribution in [2.75, 3.05) is 19.3 Å². The number of carbonyl (C=O) groups excluding carboxylic acids is 1. The number of amides is 1. The van der Waals surface area contributed by atoms with Crippen LogP contribution in [0.5, 0.6) is 0 Å². The van der Waals surface area contributed by atoms with E-state index in [9.17, 15) is 13.2 Å². The first-order valence-electron chi connectivity index (χ1n) is 5.54. The van der Waals surface area contributed by atoms with Crippen LogP contribution in [0.4, 0.5) is 5.69 Å². The summed E-state index contributed by atoms with van der Waals surface area (Å²) in [7, 11) is -2.17. The third-order valence-electron chi connectivity index (χ3n) is 2.51. The zero-order valence-electron chi connectivity index (χ0n) is 10.7. The molecule has 8 heteroatoms. The standard InChI is InChI=1S/C11H16BrN3O3S/c1-7-5-8(12)9(13)6-10(7)19(17,18)15-4-3-11(16)14-2/h5-6,15H,3-4,13H2,1-2H3,(H,14,16). The average molecular weight is 350 g/mol. The number of aryl methyl sites for hydroxylation is 1. The molecule has 0 aliphatic carbocycles. The topological polar surface area (TPSA) is 101 Å². The molecule has 0 aromatic heterocycles. The van der Waals surface area contributed by atoms with Gasteiger partial charge in [-0.3, -0.25) is 4.79 Å². The predicted octanol–water partition coefficient (Wildman–Crippen LogP) is 0.754. The smallest absolute Gasteiger partial charge is 0.240 e. The molecule has 6 nitrogen and oxygen atoms in total. The third kappa shape index (κ3) is 4.19. The lowest BCUT2D eigenvalue weighted by atomic mass is 10.2. The lowest BCUT2D eigenvalue weighted by Crippen LogP contribution is -2.29. The summed E-state index contributed by atoms with van der Waals surface area (Å²) in [5.41, 5.74) is 6.60. The molecular formula is C11H16BrN3O3S. The SMILES string of the molecule is CNC(=O)CCNS(=O)(=O)c1cc(N)c(Br)cc1C. The monoisotopic (exact) mass is 349 g/mol. The maximum atomic E-state index is 12.1. The maximum absolute atomic E-state index is 12.1. The molecule has 0 saturated heterocycles. The number of benzene rings is 1. The molecule has 1 aromatic rings. The van der Waals surface area contributed by atoms with Crippen molar-refractivity contribution in [1.29, 1.82) is 0 Å². The zero-order chi connectivity index (χ0) is 14.6. The highest BCUT2D eigenvalue weighted by molar-refractivity contribution is 9.10. The molecule has 0 aliphatic heterocycles. The van der Waals surface area contributed by atoms with Gasteiger partial charge in [0.1, 0.15) is 0 Å². The Morgan fingerprint density at radius 1 is 1.42 bits per heavy atom. The average Bonchev–Trinajstić information content (AvgIpc) is 2.33. The minimum absolute atomic E-state index is 0.0391. The lowest BCUT2D eigenvalue weighted by Gasteiger charge is -2.11. The van der Waals surface area contributed by atoms with Crippen LogP contribution in [-0.2, 0) is 14.8 Å². The first kappa shape index (κ1) is 15.9. The largest absolute Gasteiger partial charge is 0.398 e. The van der Waals surface area contributed by atoms with Crippen molar-refractivity contribution in [3.05, 3.63) is 22.2 Å². The van der Waals surface area contributed by atoms with Crippen molar-refractivity contribution in [3.63, 3.8) is 0 Å². The molecule has 0 heterocycles. The zero-order valence-corrected chi connectivity index (χ0v) is 13.1. The molecule has 1 amide bonds. The van der Waals surface area contributed by atoms with Crippen LogP contribution in [-0.4, -0.2) is 27.9 Å². The van der Waals surface area contributed by atoms with E-state index in [-0.39, 0.29) is 23.8 Å². The molecule has 0 fully saturated rings. The minimum Gasteiger partial charge on any atom is -0.398 e. The van der Waals surface area contributed by atoms with Gasteiger partial charge in [0.2, 0.25) is 15.9 Å². The van der Waals surface area contributed by atoms with Gasteiger partial charge >= 0.3 is 0 Å². The van der Waals surface area contributed by atoms with Gasteiger partial charge in [-0.1, -0.05) is 0 Å². The van der Waals surface area contributed by atoms with Crippen molar-refractivity contribution in [2.45, 2.75) is 18.2 Å². The Morgan fingerprint density at radius 2 is 2.05 bits per heavy atom. The number of nitrogen functional groups attached to an aromatic ring is 1. The van der Waals surface area contributed by atoms with Gasteiger partial charge in [0.15, 0.2) is 0 Å².